The molecule has 0 heterocycles. The molecular formula is C15H19BrN2O3. The van der Waals surface area contributed by atoms with Crippen molar-refractivity contribution in [1.82, 2.24) is 4.90 Å². The summed E-state index contributed by atoms with van der Waals surface area (Å²) in [5, 5.41) is 11.9. The van der Waals surface area contributed by atoms with Crippen LogP contribution >= 0.6 is 15.9 Å². The maximum Gasteiger partial charge on any atom is 0.337 e. The first-order valence-electron chi connectivity index (χ1n) is 7.10. The van der Waals surface area contributed by atoms with Crippen LogP contribution in [-0.2, 0) is 0 Å². The molecule has 1 aliphatic carbocycles. The summed E-state index contributed by atoms with van der Waals surface area (Å²) in [5.74, 6) is -0.475. The van der Waals surface area contributed by atoms with Crippen molar-refractivity contribution in [3.8, 4) is 0 Å². The smallest absolute Gasteiger partial charge is 0.337 e. The molecule has 114 valence electrons. The van der Waals surface area contributed by atoms with Crippen molar-refractivity contribution in [2.45, 2.75) is 26.2 Å². The fraction of sp³-hybridized carbons (Fsp3) is 0.467. The molecule has 2 rings (SSSR count). The summed E-state index contributed by atoms with van der Waals surface area (Å²) in [6, 6.07) is 4.48. The molecule has 0 aromatic heterocycles. The van der Waals surface area contributed by atoms with Crippen molar-refractivity contribution in [2.75, 3.05) is 18.4 Å². The van der Waals surface area contributed by atoms with Gasteiger partial charge in [-0.15, -0.1) is 0 Å². The van der Waals surface area contributed by atoms with Crippen LogP contribution in [0, 0.1) is 5.92 Å². The summed E-state index contributed by atoms with van der Waals surface area (Å²) in [7, 11) is 0. The molecule has 0 aliphatic heterocycles. The Morgan fingerprint density at radius 3 is 2.67 bits per heavy atom. The van der Waals surface area contributed by atoms with Gasteiger partial charge in [-0.1, -0.05) is 22.4 Å². The predicted octanol–water partition coefficient (Wildman–Crippen LogP) is 3.80. The van der Waals surface area contributed by atoms with Gasteiger partial charge in [-0.05, 0) is 43.9 Å². The Labute approximate surface area is 132 Å². The van der Waals surface area contributed by atoms with E-state index in [1.807, 2.05) is 6.92 Å². The highest BCUT2D eigenvalue weighted by molar-refractivity contribution is 9.10. The third-order valence-electron chi connectivity index (χ3n) is 3.83. The number of rotatable bonds is 5. The molecule has 0 atom stereocenters. The van der Waals surface area contributed by atoms with Crippen molar-refractivity contribution in [2.24, 2.45) is 5.92 Å². The summed E-state index contributed by atoms with van der Waals surface area (Å²) in [6.07, 6.45) is 3.57. The molecular weight excluding hydrogens is 336 g/mol. The number of amides is 2. The minimum atomic E-state index is -1.06. The van der Waals surface area contributed by atoms with Gasteiger partial charge in [0.05, 0.1) is 11.3 Å². The SMILES string of the molecule is CCN(CC1CCC1)C(=O)Nc1cc(Br)ccc1C(=O)O. The number of anilines is 1. The van der Waals surface area contributed by atoms with E-state index < -0.39 is 5.97 Å². The Morgan fingerprint density at radius 1 is 1.43 bits per heavy atom. The highest BCUT2D eigenvalue weighted by Crippen LogP contribution is 2.27. The predicted molar refractivity (Wildman–Crippen MR) is 84.7 cm³/mol. The van der Waals surface area contributed by atoms with Crippen LogP contribution in [0.2, 0.25) is 0 Å². The summed E-state index contributed by atoms with van der Waals surface area (Å²) in [4.78, 5) is 25.3. The van der Waals surface area contributed by atoms with E-state index in [1.165, 1.54) is 25.3 Å². The molecule has 5 nitrogen and oxygen atoms in total. The average molecular weight is 355 g/mol. The molecule has 0 bridgehead atoms. The van der Waals surface area contributed by atoms with Gasteiger partial charge >= 0.3 is 12.0 Å². The van der Waals surface area contributed by atoms with Gasteiger partial charge in [-0.2, -0.15) is 0 Å². The first-order valence-corrected chi connectivity index (χ1v) is 7.89. The molecule has 0 spiro atoms. The van der Waals surface area contributed by atoms with E-state index in [1.54, 1.807) is 17.0 Å². The Morgan fingerprint density at radius 2 is 2.14 bits per heavy atom. The van der Waals surface area contributed by atoms with Crippen LogP contribution < -0.4 is 5.32 Å². The normalized spacial score (nSPS) is 14.4. The van der Waals surface area contributed by atoms with Crippen LogP contribution in [0.5, 0.6) is 0 Å². The zero-order chi connectivity index (χ0) is 15.4. The molecule has 0 unspecified atom stereocenters. The van der Waals surface area contributed by atoms with Crippen molar-refractivity contribution >= 4 is 33.6 Å². The highest BCUT2D eigenvalue weighted by atomic mass is 79.9. The minimum Gasteiger partial charge on any atom is -0.478 e. The highest BCUT2D eigenvalue weighted by Gasteiger charge is 2.23. The van der Waals surface area contributed by atoms with Gasteiger partial charge in [-0.3, -0.25) is 0 Å². The minimum absolute atomic E-state index is 0.0891. The van der Waals surface area contributed by atoms with E-state index in [9.17, 15) is 14.7 Å². The van der Waals surface area contributed by atoms with Gasteiger partial charge in [0.2, 0.25) is 0 Å². The van der Waals surface area contributed by atoms with E-state index in [0.717, 1.165) is 11.0 Å². The number of nitrogens with one attached hydrogen (secondary N) is 1. The standard InChI is InChI=1S/C15H19BrN2O3/c1-2-18(9-10-4-3-5-10)15(21)17-13-8-11(16)6-7-12(13)14(19)20/h6-8,10H,2-5,9H2,1H3,(H,17,21)(H,19,20). The van der Waals surface area contributed by atoms with E-state index in [2.05, 4.69) is 21.2 Å². The van der Waals surface area contributed by atoms with Crippen LogP contribution in [0.3, 0.4) is 0 Å². The fourth-order valence-corrected chi connectivity index (χ4v) is 2.70. The number of hydrogen-bond acceptors (Lipinski definition) is 2. The van der Waals surface area contributed by atoms with Crippen LogP contribution in [0.15, 0.2) is 22.7 Å². The van der Waals surface area contributed by atoms with Crippen molar-refractivity contribution in [3.63, 3.8) is 0 Å². The quantitative estimate of drug-likeness (QED) is 0.844. The van der Waals surface area contributed by atoms with Crippen molar-refractivity contribution in [3.05, 3.63) is 28.2 Å². The molecule has 1 fully saturated rings. The number of aromatic carboxylic acids is 1. The second-order valence-corrected chi connectivity index (χ2v) is 6.18. The van der Waals surface area contributed by atoms with Gasteiger partial charge in [0.25, 0.3) is 0 Å². The lowest BCUT2D eigenvalue weighted by molar-refractivity contribution is 0.0698. The second-order valence-electron chi connectivity index (χ2n) is 5.26. The maximum absolute atomic E-state index is 12.3. The lowest BCUT2D eigenvalue weighted by atomic mass is 9.85. The van der Waals surface area contributed by atoms with Gasteiger partial charge in [0.1, 0.15) is 0 Å². The summed E-state index contributed by atoms with van der Waals surface area (Å²) >= 11 is 3.29. The van der Waals surface area contributed by atoms with Crippen LogP contribution in [0.4, 0.5) is 10.5 Å². The lowest BCUT2D eigenvalue weighted by Crippen LogP contribution is -2.40. The van der Waals surface area contributed by atoms with E-state index in [4.69, 9.17) is 0 Å². The number of nitrogens with zero attached hydrogens (tertiary/aromatic N) is 1. The van der Waals surface area contributed by atoms with E-state index in [-0.39, 0.29) is 11.6 Å². The van der Waals surface area contributed by atoms with Gasteiger partial charge < -0.3 is 15.3 Å². The zero-order valence-corrected chi connectivity index (χ0v) is 13.5. The Kier molecular flexibility index (Phi) is 5.22. The van der Waals surface area contributed by atoms with E-state index in [0.29, 0.717) is 18.2 Å². The van der Waals surface area contributed by atoms with Crippen molar-refractivity contribution in [1.29, 1.82) is 0 Å². The molecule has 1 aliphatic rings. The third kappa shape index (κ3) is 3.97. The topological polar surface area (TPSA) is 69.6 Å². The molecule has 0 radical (unpaired) electrons. The summed E-state index contributed by atoms with van der Waals surface area (Å²) in [5.41, 5.74) is 0.403. The number of hydrogen-bond donors (Lipinski definition) is 2. The molecule has 21 heavy (non-hydrogen) atoms. The Balaban J connectivity index is 2.09. The average Bonchev–Trinajstić information content (AvgIpc) is 2.37. The first kappa shape index (κ1) is 15.8. The number of carbonyl (C=O) groups excluding carboxylic acids is 1. The van der Waals surface area contributed by atoms with Gasteiger partial charge in [0.15, 0.2) is 0 Å². The largest absolute Gasteiger partial charge is 0.478 e. The molecule has 1 aromatic rings. The number of carboxylic acid groups (broad SMARTS) is 1. The summed E-state index contributed by atoms with van der Waals surface area (Å²) in [6.45, 7) is 3.27. The van der Waals surface area contributed by atoms with Crippen LogP contribution in [0.1, 0.15) is 36.5 Å². The van der Waals surface area contributed by atoms with E-state index >= 15 is 0 Å². The molecule has 0 saturated heterocycles. The first-order chi connectivity index (χ1) is 10.0. The molecule has 1 saturated carbocycles. The van der Waals surface area contributed by atoms with Crippen molar-refractivity contribution < 1.29 is 14.7 Å². The number of urea groups is 1. The van der Waals surface area contributed by atoms with Crippen LogP contribution in [0.25, 0.3) is 0 Å². The lowest BCUT2D eigenvalue weighted by Gasteiger charge is -2.31. The maximum atomic E-state index is 12.3. The Hall–Kier alpha value is -1.56. The second kappa shape index (κ2) is 6.93. The van der Waals surface area contributed by atoms with Gasteiger partial charge in [0, 0.05) is 17.6 Å². The number of benzene rings is 1. The van der Waals surface area contributed by atoms with Crippen LogP contribution in [-0.4, -0.2) is 35.1 Å². The molecule has 2 N–H and O–H groups in total. The Bertz CT molecular complexity index is 544. The number of halogens is 1. The fourth-order valence-electron chi connectivity index (χ4n) is 2.34. The van der Waals surface area contributed by atoms with Gasteiger partial charge in [-0.25, -0.2) is 9.59 Å². The molecule has 1 aromatic carbocycles. The third-order valence-corrected chi connectivity index (χ3v) is 4.32. The number of carbonyl (C=O) groups is 2. The monoisotopic (exact) mass is 354 g/mol. The molecule has 6 heteroatoms. The summed E-state index contributed by atoms with van der Waals surface area (Å²) < 4.78 is 0.727. The number of carboxylic acids is 1. The zero-order valence-electron chi connectivity index (χ0n) is 11.9. The molecule has 2 amide bonds.